The monoisotopic (exact) mass is 415 g/mol. The van der Waals surface area contributed by atoms with Crippen LogP contribution in [0.5, 0.6) is 11.6 Å². The molecule has 0 amide bonds. The predicted octanol–water partition coefficient (Wildman–Crippen LogP) is 3.38. The Kier molecular flexibility index (Phi) is 8.07. The number of hydrogen-bond donors (Lipinski definition) is 3. The lowest BCUT2D eigenvalue weighted by atomic mass is 10.2. The molecule has 0 saturated heterocycles. The van der Waals surface area contributed by atoms with Crippen molar-refractivity contribution in [2.75, 3.05) is 6.54 Å². The minimum atomic E-state index is -1.82. The van der Waals surface area contributed by atoms with E-state index in [0.717, 1.165) is 23.5 Å². The molecule has 1 aromatic heterocycles. The van der Waals surface area contributed by atoms with Crippen LogP contribution >= 0.6 is 0 Å². The lowest BCUT2D eigenvalue weighted by molar-refractivity contribution is -0.159. The molecule has 3 rings (SSSR count). The summed E-state index contributed by atoms with van der Waals surface area (Å²) in [6.07, 6.45) is 0. The minimum Gasteiger partial charge on any atom is -0.473 e. The predicted molar refractivity (Wildman–Crippen MR) is 107 cm³/mol. The van der Waals surface area contributed by atoms with Crippen LogP contribution in [-0.2, 0) is 16.1 Å². The third-order valence-electron chi connectivity index (χ3n) is 3.90. The highest BCUT2D eigenvalue weighted by Gasteiger charge is 2.18. The highest BCUT2D eigenvalue weighted by Crippen LogP contribution is 2.30. The maximum Gasteiger partial charge on any atom is 0.414 e. The Bertz CT molecular complexity index is 976. The van der Waals surface area contributed by atoms with Crippen molar-refractivity contribution in [2.24, 2.45) is 0 Å². The number of hydrogen-bond acceptors (Lipinski definition) is 5. The van der Waals surface area contributed by atoms with E-state index in [1.165, 1.54) is 12.1 Å². The SMILES string of the molecule is CCNCc1c(C)nn(-c2ccccc2)c1Oc1ccc(F)cc1.O=C(O)C(=O)O. The van der Waals surface area contributed by atoms with Gasteiger partial charge in [-0.15, -0.1) is 0 Å². The van der Waals surface area contributed by atoms with E-state index in [1.807, 2.05) is 37.3 Å². The van der Waals surface area contributed by atoms with Crippen molar-refractivity contribution in [3.05, 3.63) is 71.7 Å². The highest BCUT2D eigenvalue weighted by molar-refractivity contribution is 6.27. The van der Waals surface area contributed by atoms with Crippen molar-refractivity contribution in [3.8, 4) is 17.3 Å². The van der Waals surface area contributed by atoms with E-state index in [-0.39, 0.29) is 5.82 Å². The number of aromatic nitrogens is 2. The molecule has 0 radical (unpaired) electrons. The molecule has 0 spiro atoms. The van der Waals surface area contributed by atoms with E-state index in [2.05, 4.69) is 17.3 Å². The number of halogens is 1. The van der Waals surface area contributed by atoms with Gasteiger partial charge in [-0.05, 0) is 49.9 Å². The zero-order valence-electron chi connectivity index (χ0n) is 16.5. The second-order valence-corrected chi connectivity index (χ2v) is 6.06. The van der Waals surface area contributed by atoms with Crippen molar-refractivity contribution >= 4 is 11.9 Å². The van der Waals surface area contributed by atoms with Gasteiger partial charge in [-0.25, -0.2) is 18.7 Å². The van der Waals surface area contributed by atoms with Gasteiger partial charge < -0.3 is 20.3 Å². The molecule has 2 aromatic carbocycles. The lowest BCUT2D eigenvalue weighted by Gasteiger charge is -2.11. The average molecular weight is 415 g/mol. The van der Waals surface area contributed by atoms with Gasteiger partial charge in [0.15, 0.2) is 0 Å². The van der Waals surface area contributed by atoms with Crippen molar-refractivity contribution in [1.82, 2.24) is 15.1 Å². The van der Waals surface area contributed by atoms with Gasteiger partial charge in [0, 0.05) is 6.54 Å². The second kappa shape index (κ2) is 10.7. The molecule has 0 unspecified atom stereocenters. The number of ether oxygens (including phenoxy) is 1. The maximum absolute atomic E-state index is 13.1. The van der Waals surface area contributed by atoms with Gasteiger partial charge in [0.2, 0.25) is 5.88 Å². The summed E-state index contributed by atoms with van der Waals surface area (Å²) in [7, 11) is 0. The number of carboxylic acid groups (broad SMARTS) is 2. The van der Waals surface area contributed by atoms with E-state index < -0.39 is 11.9 Å². The van der Waals surface area contributed by atoms with Gasteiger partial charge in [-0.1, -0.05) is 25.1 Å². The number of rotatable bonds is 6. The molecular formula is C21H22FN3O5. The fourth-order valence-corrected chi connectivity index (χ4v) is 2.46. The number of aryl methyl sites for hydroxylation is 1. The lowest BCUT2D eigenvalue weighted by Crippen LogP contribution is -2.13. The van der Waals surface area contributed by atoms with Crippen LogP contribution in [0, 0.1) is 12.7 Å². The molecule has 0 atom stereocenters. The zero-order valence-corrected chi connectivity index (χ0v) is 16.5. The fourth-order valence-electron chi connectivity index (χ4n) is 2.46. The summed E-state index contributed by atoms with van der Waals surface area (Å²) in [5, 5.41) is 22.7. The Morgan fingerprint density at radius 2 is 1.67 bits per heavy atom. The van der Waals surface area contributed by atoms with Crippen molar-refractivity contribution in [3.63, 3.8) is 0 Å². The molecular weight excluding hydrogens is 393 g/mol. The van der Waals surface area contributed by atoms with Gasteiger partial charge in [-0.2, -0.15) is 5.10 Å². The van der Waals surface area contributed by atoms with Crippen LogP contribution in [0.3, 0.4) is 0 Å². The largest absolute Gasteiger partial charge is 0.473 e. The van der Waals surface area contributed by atoms with Gasteiger partial charge in [0.05, 0.1) is 16.9 Å². The molecule has 8 nitrogen and oxygen atoms in total. The van der Waals surface area contributed by atoms with Crippen LogP contribution in [0.15, 0.2) is 54.6 Å². The average Bonchev–Trinajstić information content (AvgIpc) is 3.04. The number of aliphatic carboxylic acids is 2. The van der Waals surface area contributed by atoms with Crippen LogP contribution in [0.2, 0.25) is 0 Å². The normalized spacial score (nSPS) is 10.1. The van der Waals surface area contributed by atoms with Gasteiger partial charge in [-0.3, -0.25) is 0 Å². The number of para-hydroxylation sites is 1. The third-order valence-corrected chi connectivity index (χ3v) is 3.90. The molecule has 30 heavy (non-hydrogen) atoms. The molecule has 158 valence electrons. The first-order valence-electron chi connectivity index (χ1n) is 9.07. The Morgan fingerprint density at radius 1 is 1.07 bits per heavy atom. The van der Waals surface area contributed by atoms with Crippen LogP contribution < -0.4 is 10.1 Å². The fraction of sp³-hybridized carbons (Fsp3) is 0.190. The van der Waals surface area contributed by atoms with Gasteiger partial charge in [0.1, 0.15) is 11.6 Å². The van der Waals surface area contributed by atoms with Crippen LogP contribution in [0.25, 0.3) is 5.69 Å². The molecule has 0 aliphatic heterocycles. The second-order valence-electron chi connectivity index (χ2n) is 6.06. The zero-order chi connectivity index (χ0) is 22.1. The van der Waals surface area contributed by atoms with E-state index in [9.17, 15) is 4.39 Å². The van der Waals surface area contributed by atoms with Crippen molar-refractivity contribution in [2.45, 2.75) is 20.4 Å². The topological polar surface area (TPSA) is 114 Å². The first-order valence-corrected chi connectivity index (χ1v) is 9.07. The van der Waals surface area contributed by atoms with Crippen LogP contribution in [-0.4, -0.2) is 38.5 Å². The molecule has 0 fully saturated rings. The molecule has 0 bridgehead atoms. The smallest absolute Gasteiger partial charge is 0.414 e. The molecule has 1 heterocycles. The van der Waals surface area contributed by atoms with Crippen LogP contribution in [0.4, 0.5) is 4.39 Å². The van der Waals surface area contributed by atoms with Crippen molar-refractivity contribution in [1.29, 1.82) is 0 Å². The molecule has 0 aliphatic rings. The Hall–Kier alpha value is -3.72. The highest BCUT2D eigenvalue weighted by atomic mass is 19.1. The summed E-state index contributed by atoms with van der Waals surface area (Å²) < 4.78 is 21.0. The summed E-state index contributed by atoms with van der Waals surface area (Å²) in [5.41, 5.74) is 2.81. The third kappa shape index (κ3) is 6.14. The molecule has 0 aliphatic carbocycles. The maximum atomic E-state index is 13.1. The Labute approximate surface area is 172 Å². The summed E-state index contributed by atoms with van der Waals surface area (Å²) in [5.74, 6) is -2.72. The summed E-state index contributed by atoms with van der Waals surface area (Å²) in [6.45, 7) is 5.53. The first-order chi connectivity index (χ1) is 14.3. The number of benzene rings is 2. The molecule has 3 N–H and O–H groups in total. The number of carbonyl (C=O) groups is 2. The molecule has 0 saturated carbocycles. The van der Waals surface area contributed by atoms with E-state index in [0.29, 0.717) is 18.2 Å². The van der Waals surface area contributed by atoms with Crippen LogP contribution in [0.1, 0.15) is 18.2 Å². The molecule has 9 heteroatoms. The van der Waals surface area contributed by atoms with Crippen molar-refractivity contribution < 1.29 is 28.9 Å². The number of carboxylic acids is 2. The molecule has 3 aromatic rings. The van der Waals surface area contributed by atoms with Gasteiger partial charge >= 0.3 is 11.9 Å². The first kappa shape index (κ1) is 22.6. The quantitative estimate of drug-likeness (QED) is 0.529. The van der Waals surface area contributed by atoms with Gasteiger partial charge in [0.25, 0.3) is 0 Å². The summed E-state index contributed by atoms with van der Waals surface area (Å²) >= 11 is 0. The summed E-state index contributed by atoms with van der Waals surface area (Å²) in [6, 6.07) is 15.8. The standard InChI is InChI=1S/C19H20FN3O.C2H2O4/c1-3-21-13-18-14(2)22-23(16-7-5-4-6-8-16)19(18)24-17-11-9-15(20)10-12-17;3-1(4)2(5)6/h4-12,21H,3,13H2,1-2H3;(H,3,4)(H,5,6). The van der Waals surface area contributed by atoms with E-state index >= 15 is 0 Å². The van der Waals surface area contributed by atoms with E-state index in [4.69, 9.17) is 24.5 Å². The van der Waals surface area contributed by atoms with E-state index in [1.54, 1.807) is 16.8 Å². The Morgan fingerprint density at radius 3 is 2.20 bits per heavy atom. The number of nitrogens with zero attached hydrogens (tertiary/aromatic N) is 2. The Balaban J connectivity index is 0.000000469. The minimum absolute atomic E-state index is 0.289. The number of nitrogens with one attached hydrogen (secondary N) is 1. The summed E-state index contributed by atoms with van der Waals surface area (Å²) in [4.78, 5) is 18.2.